The van der Waals surface area contributed by atoms with Crippen LogP contribution in [0.4, 0.5) is 10.1 Å². The number of carbonyl (C=O) groups excluding carboxylic acids is 1. The van der Waals surface area contributed by atoms with Gasteiger partial charge in [0.1, 0.15) is 17.2 Å². The van der Waals surface area contributed by atoms with E-state index < -0.39 is 17.2 Å². The molecule has 1 aliphatic carbocycles. The molecule has 2 aliphatic heterocycles. The van der Waals surface area contributed by atoms with Crippen molar-refractivity contribution in [3.63, 3.8) is 0 Å². The smallest absolute Gasteiger partial charge is 0.341 e. The number of piperazine rings is 1. The quantitative estimate of drug-likeness (QED) is 0.828. The zero-order valence-corrected chi connectivity index (χ0v) is 16.1. The third kappa shape index (κ3) is 2.93. The van der Waals surface area contributed by atoms with Gasteiger partial charge in [-0.2, -0.15) is 0 Å². The van der Waals surface area contributed by atoms with Gasteiger partial charge in [-0.05, 0) is 38.3 Å². The van der Waals surface area contributed by atoms with Crippen molar-refractivity contribution in [3.8, 4) is 0 Å². The number of aromatic nitrogens is 1. The van der Waals surface area contributed by atoms with Gasteiger partial charge in [-0.15, -0.1) is 0 Å². The van der Waals surface area contributed by atoms with Gasteiger partial charge < -0.3 is 14.6 Å². The standard InChI is InChI=1S/C21H22FN3O4/c1-11(26)7-23-8-14-4-13(23)9-24(14)19-6-18-15(5-17(19)22)20(27)16(21(28)29)10-25(18)12-2-3-12/h5-6,10,12-14H,2-4,7-9H2,1H3,(H,28,29). The zero-order valence-electron chi connectivity index (χ0n) is 16.1. The normalized spacial score (nSPS) is 23.9. The van der Waals surface area contributed by atoms with Gasteiger partial charge in [0.15, 0.2) is 0 Å². The number of rotatable bonds is 5. The summed E-state index contributed by atoms with van der Waals surface area (Å²) in [6.07, 6.45) is 4.12. The van der Waals surface area contributed by atoms with Crippen molar-refractivity contribution in [1.82, 2.24) is 9.47 Å². The fourth-order valence-corrected chi connectivity index (χ4v) is 4.91. The number of anilines is 1. The highest BCUT2D eigenvalue weighted by Crippen LogP contribution is 2.40. The molecule has 3 aliphatic rings. The maximum absolute atomic E-state index is 15.1. The summed E-state index contributed by atoms with van der Waals surface area (Å²) in [6, 6.07) is 3.39. The second-order valence-corrected chi connectivity index (χ2v) is 8.46. The first-order valence-electron chi connectivity index (χ1n) is 9.95. The molecule has 5 rings (SSSR count). The van der Waals surface area contributed by atoms with Crippen LogP contribution in [0.5, 0.6) is 0 Å². The Bertz CT molecular complexity index is 1110. The Morgan fingerprint density at radius 1 is 1.17 bits per heavy atom. The molecule has 1 N–H and O–H groups in total. The molecule has 1 saturated carbocycles. The van der Waals surface area contributed by atoms with Crippen LogP contribution < -0.4 is 10.3 Å². The van der Waals surface area contributed by atoms with Crippen molar-refractivity contribution in [2.24, 2.45) is 0 Å². The third-order valence-electron chi connectivity index (χ3n) is 6.36. The fourth-order valence-electron chi connectivity index (χ4n) is 4.91. The molecule has 29 heavy (non-hydrogen) atoms. The third-order valence-corrected chi connectivity index (χ3v) is 6.36. The number of carboxylic acid groups (broad SMARTS) is 1. The van der Waals surface area contributed by atoms with E-state index in [1.165, 1.54) is 12.3 Å². The summed E-state index contributed by atoms with van der Waals surface area (Å²) in [4.78, 5) is 39.7. The van der Waals surface area contributed by atoms with Crippen molar-refractivity contribution < 1.29 is 19.1 Å². The van der Waals surface area contributed by atoms with Crippen LogP contribution in [0.15, 0.2) is 23.1 Å². The molecule has 8 heteroatoms. The first-order valence-corrected chi connectivity index (χ1v) is 9.95. The highest BCUT2D eigenvalue weighted by Gasteiger charge is 2.44. The number of Topliss-reactive ketones (excluding diaryl/α,β-unsaturated/α-hetero) is 1. The second kappa shape index (κ2) is 6.38. The molecule has 1 aromatic carbocycles. The summed E-state index contributed by atoms with van der Waals surface area (Å²) >= 11 is 0. The van der Waals surface area contributed by atoms with E-state index in [0.29, 0.717) is 24.3 Å². The van der Waals surface area contributed by atoms with Gasteiger partial charge in [0.2, 0.25) is 5.43 Å². The van der Waals surface area contributed by atoms with Gasteiger partial charge in [0.05, 0.1) is 17.7 Å². The topological polar surface area (TPSA) is 82.8 Å². The molecule has 0 spiro atoms. The van der Waals surface area contributed by atoms with Crippen LogP contribution >= 0.6 is 0 Å². The van der Waals surface area contributed by atoms with Crippen molar-refractivity contribution in [3.05, 3.63) is 39.9 Å². The number of aromatic carboxylic acids is 1. The molecular weight excluding hydrogens is 377 g/mol. The summed E-state index contributed by atoms with van der Waals surface area (Å²) in [5, 5.41) is 9.47. The maximum atomic E-state index is 15.1. The number of carboxylic acids is 1. The number of likely N-dealkylation sites (tertiary alicyclic amines) is 1. The van der Waals surface area contributed by atoms with Crippen molar-refractivity contribution in [1.29, 1.82) is 0 Å². The summed E-state index contributed by atoms with van der Waals surface area (Å²) in [6.45, 7) is 3.36. The van der Waals surface area contributed by atoms with Gasteiger partial charge in [-0.25, -0.2) is 9.18 Å². The molecule has 0 radical (unpaired) electrons. The number of nitrogens with zero attached hydrogens (tertiary/aromatic N) is 3. The Kier molecular flexibility index (Phi) is 4.03. The number of ketones is 1. The molecule has 3 fully saturated rings. The van der Waals surface area contributed by atoms with Crippen LogP contribution in [0, 0.1) is 5.82 Å². The summed E-state index contributed by atoms with van der Waals surface area (Å²) < 4.78 is 16.9. The van der Waals surface area contributed by atoms with Gasteiger partial charge in [0, 0.05) is 42.8 Å². The molecule has 1 aromatic heterocycles. The molecule has 2 saturated heterocycles. The summed E-state index contributed by atoms with van der Waals surface area (Å²) in [7, 11) is 0. The van der Waals surface area contributed by atoms with Gasteiger partial charge in [-0.3, -0.25) is 14.5 Å². The molecule has 0 amide bonds. The predicted molar refractivity (Wildman–Crippen MR) is 105 cm³/mol. The second-order valence-electron chi connectivity index (χ2n) is 8.46. The number of carbonyl (C=O) groups is 2. The Labute approximate surface area is 166 Å². The van der Waals surface area contributed by atoms with Crippen molar-refractivity contribution in [2.45, 2.75) is 44.3 Å². The predicted octanol–water partition coefficient (Wildman–Crippen LogP) is 2.03. The molecule has 2 atom stereocenters. The Hall–Kier alpha value is -2.74. The maximum Gasteiger partial charge on any atom is 0.341 e. The monoisotopic (exact) mass is 399 g/mol. The number of halogens is 1. The Balaban J connectivity index is 1.57. The minimum absolute atomic E-state index is 0.112. The first kappa shape index (κ1) is 18.3. The molecule has 2 bridgehead atoms. The van der Waals surface area contributed by atoms with Crippen molar-refractivity contribution in [2.75, 3.05) is 24.5 Å². The van der Waals surface area contributed by atoms with E-state index in [-0.39, 0.29) is 34.9 Å². The lowest BCUT2D eigenvalue weighted by molar-refractivity contribution is -0.118. The highest BCUT2D eigenvalue weighted by molar-refractivity contribution is 5.93. The average Bonchev–Trinajstić information content (AvgIpc) is 3.31. The Morgan fingerprint density at radius 2 is 1.93 bits per heavy atom. The largest absolute Gasteiger partial charge is 0.477 e. The number of fused-ring (bicyclic) bond motifs is 3. The van der Waals surface area contributed by atoms with E-state index in [0.717, 1.165) is 25.8 Å². The van der Waals surface area contributed by atoms with Gasteiger partial charge >= 0.3 is 5.97 Å². The minimum Gasteiger partial charge on any atom is -0.477 e. The van der Waals surface area contributed by atoms with Crippen LogP contribution in [0.1, 0.15) is 42.6 Å². The first-order chi connectivity index (χ1) is 13.8. The molecule has 152 valence electrons. The number of hydrogen-bond donors (Lipinski definition) is 1. The summed E-state index contributed by atoms with van der Waals surface area (Å²) in [5.74, 6) is -1.67. The number of hydrogen-bond acceptors (Lipinski definition) is 5. The van der Waals surface area contributed by atoms with Crippen LogP contribution in [0.3, 0.4) is 0 Å². The van der Waals surface area contributed by atoms with Crippen LogP contribution in [0.25, 0.3) is 10.9 Å². The molecule has 2 aromatic rings. The number of benzene rings is 1. The van der Waals surface area contributed by atoms with E-state index in [4.69, 9.17) is 0 Å². The molecule has 3 heterocycles. The lowest BCUT2D eigenvalue weighted by Gasteiger charge is -2.35. The van der Waals surface area contributed by atoms with E-state index in [2.05, 4.69) is 4.90 Å². The van der Waals surface area contributed by atoms with E-state index in [1.807, 2.05) is 9.47 Å². The molecule has 7 nitrogen and oxygen atoms in total. The fraction of sp³-hybridized carbons (Fsp3) is 0.476. The van der Waals surface area contributed by atoms with Crippen LogP contribution in [-0.4, -0.2) is 58.0 Å². The van der Waals surface area contributed by atoms with Gasteiger partial charge in [-0.1, -0.05) is 0 Å². The van der Waals surface area contributed by atoms with Crippen molar-refractivity contribution >= 4 is 28.3 Å². The lowest BCUT2D eigenvalue weighted by atomic mass is 10.1. The minimum atomic E-state index is -1.29. The zero-order chi connectivity index (χ0) is 20.4. The SMILES string of the molecule is CC(=O)CN1CC2CC1CN2c1cc2c(cc1F)c(=O)c(C(=O)O)cn2C1CC1. The molecular formula is C21H22FN3O4. The van der Waals surface area contributed by atoms with E-state index in [1.54, 1.807) is 13.0 Å². The van der Waals surface area contributed by atoms with Crippen LogP contribution in [0.2, 0.25) is 0 Å². The lowest BCUT2D eigenvalue weighted by Crippen LogP contribution is -2.48. The Morgan fingerprint density at radius 3 is 2.52 bits per heavy atom. The van der Waals surface area contributed by atoms with Crippen LogP contribution in [-0.2, 0) is 4.79 Å². The highest BCUT2D eigenvalue weighted by atomic mass is 19.1. The van der Waals surface area contributed by atoms with E-state index in [9.17, 15) is 19.5 Å². The number of pyridine rings is 1. The average molecular weight is 399 g/mol. The van der Waals surface area contributed by atoms with Gasteiger partial charge in [0.25, 0.3) is 0 Å². The van der Waals surface area contributed by atoms with E-state index >= 15 is 4.39 Å². The summed E-state index contributed by atoms with van der Waals surface area (Å²) in [5.41, 5.74) is 0.0636. The molecule has 2 unspecified atom stereocenters.